The number of carbonyl (C=O) groups excluding carboxylic acids is 1. The Labute approximate surface area is 191 Å². The minimum absolute atomic E-state index is 0.162. The monoisotopic (exact) mass is 438 g/mol. The predicted octanol–water partition coefficient (Wildman–Crippen LogP) is 5.63. The van der Waals surface area contributed by atoms with Gasteiger partial charge in [0.1, 0.15) is 11.6 Å². The van der Waals surface area contributed by atoms with Crippen LogP contribution in [-0.2, 0) is 4.79 Å². The topological polar surface area (TPSA) is 32.8 Å². The van der Waals surface area contributed by atoms with Crippen molar-refractivity contribution in [1.82, 2.24) is 4.90 Å². The van der Waals surface area contributed by atoms with E-state index in [1.54, 1.807) is 19.2 Å². The molecule has 1 amide bonds. The SMILES string of the molecule is COc1ccc(F)cc1C1CCN(CCN(C(=O)C2CCCCC2)c2ccccc2)CC1. The number of para-hydroxylation sites is 1. The molecule has 0 spiro atoms. The van der Waals surface area contributed by atoms with Gasteiger partial charge in [0, 0.05) is 30.3 Å². The van der Waals surface area contributed by atoms with Gasteiger partial charge in [0.25, 0.3) is 0 Å². The fraction of sp³-hybridized carbons (Fsp3) is 0.519. The summed E-state index contributed by atoms with van der Waals surface area (Å²) in [5.74, 6) is 1.33. The van der Waals surface area contributed by atoms with Gasteiger partial charge in [-0.05, 0) is 75.0 Å². The molecule has 0 bridgehead atoms. The van der Waals surface area contributed by atoms with E-state index < -0.39 is 0 Å². The first kappa shape index (κ1) is 22.8. The highest BCUT2D eigenvalue weighted by Crippen LogP contribution is 2.35. The Morgan fingerprint density at radius 2 is 1.75 bits per heavy atom. The molecule has 4 rings (SSSR count). The Morgan fingerprint density at radius 3 is 2.44 bits per heavy atom. The van der Waals surface area contributed by atoms with Crippen molar-refractivity contribution in [1.29, 1.82) is 0 Å². The minimum Gasteiger partial charge on any atom is -0.496 e. The second-order valence-corrected chi connectivity index (χ2v) is 9.16. The second kappa shape index (κ2) is 11.0. The lowest BCUT2D eigenvalue weighted by molar-refractivity contribution is -0.123. The molecule has 1 heterocycles. The van der Waals surface area contributed by atoms with Crippen LogP contribution in [0.25, 0.3) is 0 Å². The third kappa shape index (κ3) is 5.50. The van der Waals surface area contributed by atoms with E-state index in [1.807, 2.05) is 35.2 Å². The molecule has 2 aromatic rings. The number of rotatable bonds is 7. The first-order valence-corrected chi connectivity index (χ1v) is 12.1. The van der Waals surface area contributed by atoms with Crippen LogP contribution in [0.15, 0.2) is 48.5 Å². The van der Waals surface area contributed by atoms with E-state index in [9.17, 15) is 9.18 Å². The molecule has 0 radical (unpaired) electrons. The van der Waals surface area contributed by atoms with Crippen molar-refractivity contribution in [2.75, 3.05) is 38.2 Å². The Bertz CT molecular complexity index is 874. The molecule has 0 unspecified atom stereocenters. The van der Waals surface area contributed by atoms with Crippen LogP contribution in [0, 0.1) is 11.7 Å². The van der Waals surface area contributed by atoms with Crippen LogP contribution in [0.5, 0.6) is 5.75 Å². The molecule has 0 atom stereocenters. The molecule has 2 fully saturated rings. The zero-order valence-corrected chi connectivity index (χ0v) is 19.1. The van der Waals surface area contributed by atoms with Crippen molar-refractivity contribution in [2.45, 2.75) is 50.9 Å². The molecule has 4 nitrogen and oxygen atoms in total. The van der Waals surface area contributed by atoms with E-state index >= 15 is 0 Å². The number of methoxy groups -OCH3 is 1. The number of hydrogen-bond acceptors (Lipinski definition) is 3. The standard InChI is InChI=1S/C27H35FN2O2/c1-32-26-13-12-23(28)20-25(26)21-14-16-29(17-15-21)18-19-30(24-10-6-3-7-11-24)27(31)22-8-4-2-5-9-22/h3,6-7,10-13,20-22H,2,4-5,8-9,14-19H2,1H3. The first-order valence-electron chi connectivity index (χ1n) is 12.1. The molecule has 0 aromatic heterocycles. The predicted molar refractivity (Wildman–Crippen MR) is 127 cm³/mol. The molecule has 1 aliphatic heterocycles. The first-order chi connectivity index (χ1) is 15.7. The average molecular weight is 439 g/mol. The maximum Gasteiger partial charge on any atom is 0.230 e. The number of amides is 1. The Kier molecular flexibility index (Phi) is 7.80. The van der Waals surface area contributed by atoms with E-state index in [0.717, 1.165) is 75.2 Å². The summed E-state index contributed by atoms with van der Waals surface area (Å²) in [5.41, 5.74) is 1.98. The normalized spacial score (nSPS) is 18.4. The molecule has 2 aliphatic rings. The van der Waals surface area contributed by atoms with Gasteiger partial charge in [0.2, 0.25) is 5.91 Å². The van der Waals surface area contributed by atoms with Gasteiger partial charge >= 0.3 is 0 Å². The van der Waals surface area contributed by atoms with E-state index in [2.05, 4.69) is 4.90 Å². The average Bonchev–Trinajstić information content (AvgIpc) is 2.85. The van der Waals surface area contributed by atoms with Crippen molar-refractivity contribution in [3.8, 4) is 5.75 Å². The third-order valence-corrected chi connectivity index (χ3v) is 7.15. The van der Waals surface area contributed by atoms with E-state index in [4.69, 9.17) is 4.74 Å². The van der Waals surface area contributed by atoms with E-state index in [-0.39, 0.29) is 17.6 Å². The van der Waals surface area contributed by atoms with Crippen molar-refractivity contribution in [3.63, 3.8) is 0 Å². The molecule has 1 saturated carbocycles. The summed E-state index contributed by atoms with van der Waals surface area (Å²) in [6.07, 6.45) is 7.56. The second-order valence-electron chi connectivity index (χ2n) is 9.16. The lowest BCUT2D eigenvalue weighted by Gasteiger charge is -2.35. The highest BCUT2D eigenvalue weighted by Gasteiger charge is 2.28. The van der Waals surface area contributed by atoms with Gasteiger partial charge in [-0.1, -0.05) is 37.5 Å². The summed E-state index contributed by atoms with van der Waals surface area (Å²) in [7, 11) is 1.65. The molecular formula is C27H35FN2O2. The third-order valence-electron chi connectivity index (χ3n) is 7.15. The Morgan fingerprint density at radius 1 is 1.03 bits per heavy atom. The van der Waals surface area contributed by atoms with Gasteiger partial charge in [0.15, 0.2) is 0 Å². The number of nitrogens with zero attached hydrogens (tertiary/aromatic N) is 2. The molecule has 2 aromatic carbocycles. The molecule has 32 heavy (non-hydrogen) atoms. The maximum absolute atomic E-state index is 13.8. The van der Waals surface area contributed by atoms with Gasteiger partial charge in [0.05, 0.1) is 7.11 Å². The van der Waals surface area contributed by atoms with Crippen LogP contribution in [0.1, 0.15) is 56.4 Å². The van der Waals surface area contributed by atoms with Gasteiger partial charge in [-0.3, -0.25) is 4.79 Å². The summed E-state index contributed by atoms with van der Waals surface area (Å²) < 4.78 is 19.3. The molecule has 172 valence electrons. The molecule has 1 aliphatic carbocycles. The van der Waals surface area contributed by atoms with Gasteiger partial charge < -0.3 is 14.5 Å². The fourth-order valence-corrected chi connectivity index (χ4v) is 5.28. The minimum atomic E-state index is -0.206. The van der Waals surface area contributed by atoms with E-state index in [0.29, 0.717) is 12.5 Å². The van der Waals surface area contributed by atoms with Crippen molar-refractivity contribution >= 4 is 11.6 Å². The molecule has 1 saturated heterocycles. The summed E-state index contributed by atoms with van der Waals surface area (Å²) >= 11 is 0. The highest BCUT2D eigenvalue weighted by molar-refractivity contribution is 5.95. The highest BCUT2D eigenvalue weighted by atomic mass is 19.1. The van der Waals surface area contributed by atoms with Gasteiger partial charge in [-0.15, -0.1) is 0 Å². The number of benzene rings is 2. The summed E-state index contributed by atoms with van der Waals surface area (Å²) in [4.78, 5) is 17.8. The Balaban J connectivity index is 1.37. The van der Waals surface area contributed by atoms with Crippen LogP contribution < -0.4 is 9.64 Å². The summed E-state index contributed by atoms with van der Waals surface area (Å²) in [6, 6.07) is 14.9. The van der Waals surface area contributed by atoms with Gasteiger partial charge in [-0.25, -0.2) is 4.39 Å². The summed E-state index contributed by atoms with van der Waals surface area (Å²) in [5, 5.41) is 0. The lowest BCUT2D eigenvalue weighted by Crippen LogP contribution is -2.44. The fourth-order valence-electron chi connectivity index (χ4n) is 5.28. The Hall–Kier alpha value is -2.40. The largest absolute Gasteiger partial charge is 0.496 e. The number of anilines is 1. The maximum atomic E-state index is 13.8. The number of carbonyl (C=O) groups is 1. The lowest BCUT2D eigenvalue weighted by atomic mass is 9.88. The van der Waals surface area contributed by atoms with Crippen LogP contribution in [0.2, 0.25) is 0 Å². The molecule has 5 heteroatoms. The van der Waals surface area contributed by atoms with Crippen molar-refractivity contribution < 1.29 is 13.9 Å². The van der Waals surface area contributed by atoms with Gasteiger partial charge in [-0.2, -0.15) is 0 Å². The molecule has 0 N–H and O–H groups in total. The van der Waals surface area contributed by atoms with Crippen LogP contribution >= 0.6 is 0 Å². The smallest absolute Gasteiger partial charge is 0.230 e. The number of halogens is 1. The quantitative estimate of drug-likeness (QED) is 0.562. The van der Waals surface area contributed by atoms with Crippen molar-refractivity contribution in [3.05, 3.63) is 59.9 Å². The van der Waals surface area contributed by atoms with Crippen LogP contribution in [0.3, 0.4) is 0 Å². The van der Waals surface area contributed by atoms with Crippen LogP contribution in [0.4, 0.5) is 10.1 Å². The van der Waals surface area contributed by atoms with E-state index in [1.165, 1.54) is 12.5 Å². The number of hydrogen-bond donors (Lipinski definition) is 0. The number of ether oxygens (including phenoxy) is 1. The summed E-state index contributed by atoms with van der Waals surface area (Å²) in [6.45, 7) is 3.48. The van der Waals surface area contributed by atoms with Crippen LogP contribution in [-0.4, -0.2) is 44.1 Å². The molecular weight excluding hydrogens is 403 g/mol. The number of likely N-dealkylation sites (tertiary alicyclic amines) is 1. The zero-order valence-electron chi connectivity index (χ0n) is 19.1. The zero-order chi connectivity index (χ0) is 22.3. The van der Waals surface area contributed by atoms with Crippen molar-refractivity contribution in [2.24, 2.45) is 5.92 Å². The number of piperidine rings is 1.